The Morgan fingerprint density at radius 2 is 1.93 bits per heavy atom. The van der Waals surface area contributed by atoms with Crippen LogP contribution in [0.15, 0.2) is 36.8 Å². The molecule has 0 atom stereocenters. The van der Waals surface area contributed by atoms with Gasteiger partial charge in [-0.3, -0.25) is 9.97 Å². The molecule has 0 amide bonds. The van der Waals surface area contributed by atoms with E-state index in [9.17, 15) is 0 Å². The second-order valence-electron chi connectivity index (χ2n) is 2.83. The number of anilines is 1. The summed E-state index contributed by atoms with van der Waals surface area (Å²) in [6.45, 7) is 0. The predicted octanol–water partition coefficient (Wildman–Crippen LogP) is 2.38. The summed E-state index contributed by atoms with van der Waals surface area (Å²) in [7, 11) is 0. The highest BCUT2D eigenvalue weighted by Gasteiger charge is 2.04. The number of rotatable bonds is 1. The third-order valence-corrected chi connectivity index (χ3v) is 2.10. The lowest BCUT2D eigenvalue weighted by molar-refractivity contribution is 1.29. The minimum Gasteiger partial charge on any atom is -0.397 e. The first kappa shape index (κ1) is 8.97. The van der Waals surface area contributed by atoms with Crippen LogP contribution in [0.25, 0.3) is 11.3 Å². The lowest BCUT2D eigenvalue weighted by Crippen LogP contribution is -1.90. The predicted molar refractivity (Wildman–Crippen MR) is 56.9 cm³/mol. The molecule has 0 radical (unpaired) electrons. The molecule has 3 nitrogen and oxygen atoms in total. The van der Waals surface area contributed by atoms with Gasteiger partial charge in [0.1, 0.15) is 0 Å². The smallest absolute Gasteiger partial charge is 0.0890 e. The second-order valence-corrected chi connectivity index (χ2v) is 3.24. The van der Waals surface area contributed by atoms with Crippen molar-refractivity contribution in [3.63, 3.8) is 0 Å². The van der Waals surface area contributed by atoms with Gasteiger partial charge in [-0.15, -0.1) is 0 Å². The standard InChI is InChI=1S/C10H8ClN3/c11-9-5-8(12)6-14-10(9)7-1-3-13-4-2-7/h1-6H,12H2. The van der Waals surface area contributed by atoms with Crippen LogP contribution in [0.2, 0.25) is 5.02 Å². The van der Waals surface area contributed by atoms with E-state index in [-0.39, 0.29) is 0 Å². The molecule has 2 aromatic heterocycles. The molecule has 0 aromatic carbocycles. The zero-order valence-electron chi connectivity index (χ0n) is 7.31. The van der Waals surface area contributed by atoms with Crippen LogP contribution >= 0.6 is 11.6 Å². The fourth-order valence-corrected chi connectivity index (χ4v) is 1.46. The zero-order valence-corrected chi connectivity index (χ0v) is 8.07. The number of aromatic nitrogens is 2. The average molecular weight is 206 g/mol. The summed E-state index contributed by atoms with van der Waals surface area (Å²) in [6, 6.07) is 5.39. The topological polar surface area (TPSA) is 51.8 Å². The van der Waals surface area contributed by atoms with Crippen molar-refractivity contribution in [1.82, 2.24) is 9.97 Å². The van der Waals surface area contributed by atoms with Crippen molar-refractivity contribution in [2.45, 2.75) is 0 Å². The second kappa shape index (κ2) is 3.64. The van der Waals surface area contributed by atoms with Gasteiger partial charge in [0.15, 0.2) is 0 Å². The Balaban J connectivity index is 2.53. The van der Waals surface area contributed by atoms with Crippen molar-refractivity contribution in [2.75, 3.05) is 5.73 Å². The number of nitrogens with two attached hydrogens (primary N) is 1. The van der Waals surface area contributed by atoms with E-state index in [0.717, 1.165) is 11.3 Å². The summed E-state index contributed by atoms with van der Waals surface area (Å²) in [5, 5.41) is 0.552. The van der Waals surface area contributed by atoms with E-state index in [2.05, 4.69) is 9.97 Å². The van der Waals surface area contributed by atoms with Gasteiger partial charge in [0, 0.05) is 18.0 Å². The molecule has 14 heavy (non-hydrogen) atoms. The van der Waals surface area contributed by atoms with Crippen LogP contribution in [0.5, 0.6) is 0 Å². The van der Waals surface area contributed by atoms with Gasteiger partial charge in [0.05, 0.1) is 22.6 Å². The molecule has 0 saturated heterocycles. The lowest BCUT2D eigenvalue weighted by Gasteiger charge is -2.03. The molecule has 0 bridgehead atoms. The molecule has 2 N–H and O–H groups in total. The molecule has 0 saturated carbocycles. The van der Waals surface area contributed by atoms with Crippen molar-refractivity contribution in [3.8, 4) is 11.3 Å². The van der Waals surface area contributed by atoms with Crippen LogP contribution in [0.1, 0.15) is 0 Å². The molecule has 2 heterocycles. The van der Waals surface area contributed by atoms with E-state index < -0.39 is 0 Å². The number of hydrogen-bond acceptors (Lipinski definition) is 3. The lowest BCUT2D eigenvalue weighted by atomic mass is 10.2. The molecule has 2 aromatic rings. The van der Waals surface area contributed by atoms with Crippen LogP contribution in [-0.2, 0) is 0 Å². The fourth-order valence-electron chi connectivity index (χ4n) is 1.17. The summed E-state index contributed by atoms with van der Waals surface area (Å²) >= 11 is 6.00. The van der Waals surface area contributed by atoms with Crippen molar-refractivity contribution in [3.05, 3.63) is 41.8 Å². The Bertz CT molecular complexity index is 442. The Morgan fingerprint density at radius 1 is 1.21 bits per heavy atom. The molecule has 4 heteroatoms. The van der Waals surface area contributed by atoms with Crippen molar-refractivity contribution in [1.29, 1.82) is 0 Å². The van der Waals surface area contributed by atoms with E-state index in [1.165, 1.54) is 0 Å². The first-order valence-corrected chi connectivity index (χ1v) is 4.46. The number of nitrogens with zero attached hydrogens (tertiary/aromatic N) is 2. The van der Waals surface area contributed by atoms with E-state index in [1.807, 2.05) is 12.1 Å². The molecule has 0 aliphatic rings. The number of pyridine rings is 2. The van der Waals surface area contributed by atoms with Gasteiger partial charge in [-0.1, -0.05) is 11.6 Å². The molecule has 2 rings (SSSR count). The quantitative estimate of drug-likeness (QED) is 0.778. The number of halogens is 1. The number of nitrogen functional groups attached to an aromatic ring is 1. The van der Waals surface area contributed by atoms with Crippen molar-refractivity contribution >= 4 is 17.3 Å². The van der Waals surface area contributed by atoms with Gasteiger partial charge < -0.3 is 5.73 Å². The molecule has 0 spiro atoms. The highest BCUT2D eigenvalue weighted by atomic mass is 35.5. The van der Waals surface area contributed by atoms with Crippen LogP contribution in [0, 0.1) is 0 Å². The first-order valence-electron chi connectivity index (χ1n) is 4.09. The summed E-state index contributed by atoms with van der Waals surface area (Å²) in [4.78, 5) is 8.09. The molecule has 0 unspecified atom stereocenters. The molecule has 0 fully saturated rings. The van der Waals surface area contributed by atoms with E-state index in [1.54, 1.807) is 24.7 Å². The third kappa shape index (κ3) is 1.67. The highest BCUT2D eigenvalue weighted by Crippen LogP contribution is 2.26. The Hall–Kier alpha value is -1.61. The summed E-state index contributed by atoms with van der Waals surface area (Å²) in [5.41, 5.74) is 7.77. The zero-order chi connectivity index (χ0) is 9.97. The van der Waals surface area contributed by atoms with E-state index in [4.69, 9.17) is 17.3 Å². The van der Waals surface area contributed by atoms with Gasteiger partial charge >= 0.3 is 0 Å². The van der Waals surface area contributed by atoms with Crippen LogP contribution in [0.3, 0.4) is 0 Å². The Morgan fingerprint density at radius 3 is 2.57 bits per heavy atom. The highest BCUT2D eigenvalue weighted by molar-refractivity contribution is 6.33. The van der Waals surface area contributed by atoms with Gasteiger partial charge in [-0.2, -0.15) is 0 Å². The van der Waals surface area contributed by atoms with Gasteiger partial charge in [-0.05, 0) is 18.2 Å². The Labute approximate surface area is 86.6 Å². The number of hydrogen-bond donors (Lipinski definition) is 1. The normalized spacial score (nSPS) is 10.1. The molecular formula is C10H8ClN3. The summed E-state index contributed by atoms with van der Waals surface area (Å²) in [6.07, 6.45) is 4.98. The largest absolute Gasteiger partial charge is 0.397 e. The van der Waals surface area contributed by atoms with Crippen molar-refractivity contribution < 1.29 is 0 Å². The van der Waals surface area contributed by atoms with Crippen LogP contribution in [-0.4, -0.2) is 9.97 Å². The minimum absolute atomic E-state index is 0.552. The van der Waals surface area contributed by atoms with Crippen molar-refractivity contribution in [2.24, 2.45) is 0 Å². The molecule has 0 aliphatic heterocycles. The first-order chi connectivity index (χ1) is 6.77. The summed E-state index contributed by atoms with van der Waals surface area (Å²) in [5.74, 6) is 0. The average Bonchev–Trinajstić information content (AvgIpc) is 2.19. The van der Waals surface area contributed by atoms with Gasteiger partial charge in [0.25, 0.3) is 0 Å². The Kier molecular flexibility index (Phi) is 2.33. The van der Waals surface area contributed by atoms with E-state index in [0.29, 0.717) is 10.7 Å². The van der Waals surface area contributed by atoms with Crippen LogP contribution < -0.4 is 5.73 Å². The molecular weight excluding hydrogens is 198 g/mol. The maximum Gasteiger partial charge on any atom is 0.0890 e. The van der Waals surface area contributed by atoms with Gasteiger partial charge in [-0.25, -0.2) is 0 Å². The maximum absolute atomic E-state index is 6.00. The fraction of sp³-hybridized carbons (Fsp3) is 0. The monoisotopic (exact) mass is 205 g/mol. The SMILES string of the molecule is Nc1cnc(-c2ccncc2)c(Cl)c1. The summed E-state index contributed by atoms with van der Waals surface area (Å²) < 4.78 is 0. The van der Waals surface area contributed by atoms with E-state index >= 15 is 0 Å². The minimum atomic E-state index is 0.552. The van der Waals surface area contributed by atoms with Crippen LogP contribution in [0.4, 0.5) is 5.69 Å². The van der Waals surface area contributed by atoms with Gasteiger partial charge in [0.2, 0.25) is 0 Å². The third-order valence-electron chi connectivity index (χ3n) is 1.82. The maximum atomic E-state index is 6.00. The molecule has 0 aliphatic carbocycles. The molecule has 70 valence electrons.